The van der Waals surface area contributed by atoms with E-state index >= 15 is 0 Å². The molecule has 1 aliphatic heterocycles. The molecule has 2 aromatic heterocycles. The molecule has 1 aliphatic rings. The number of likely N-dealkylation sites (tertiary alicyclic amines) is 1. The number of aryl methyl sites for hydroxylation is 2. The molecule has 3 aromatic rings. The molecule has 0 unspecified atom stereocenters. The molecule has 3 heterocycles. The number of para-hydroxylation sites is 2. The van der Waals surface area contributed by atoms with Crippen LogP contribution < -0.4 is 0 Å². The van der Waals surface area contributed by atoms with E-state index in [1.54, 1.807) is 7.11 Å². The molecular formula is C20H24N4O3. The number of rotatable bonds is 6. The Labute approximate surface area is 157 Å². The van der Waals surface area contributed by atoms with Crippen LogP contribution in [-0.2, 0) is 22.4 Å². The number of H-pyrrole nitrogens is 1. The zero-order valence-corrected chi connectivity index (χ0v) is 15.6. The number of hydrogen-bond acceptors (Lipinski definition) is 5. The van der Waals surface area contributed by atoms with Crippen molar-refractivity contribution in [2.45, 2.75) is 32.3 Å². The van der Waals surface area contributed by atoms with Gasteiger partial charge in [-0.1, -0.05) is 17.3 Å². The fraction of sp³-hybridized carbons (Fsp3) is 0.450. The van der Waals surface area contributed by atoms with Gasteiger partial charge in [0, 0.05) is 51.4 Å². The first-order chi connectivity index (χ1) is 13.1. The molecule has 1 aromatic carbocycles. The number of aromatic nitrogens is 3. The topological polar surface area (TPSA) is 84.2 Å². The van der Waals surface area contributed by atoms with Crippen LogP contribution in [0.1, 0.15) is 23.7 Å². The Balaban J connectivity index is 1.35. The van der Waals surface area contributed by atoms with Crippen molar-refractivity contribution in [3.8, 4) is 0 Å². The average molecular weight is 368 g/mol. The molecule has 27 heavy (non-hydrogen) atoms. The highest BCUT2D eigenvalue weighted by molar-refractivity contribution is 5.77. The van der Waals surface area contributed by atoms with Crippen LogP contribution in [0, 0.1) is 12.8 Å². The lowest BCUT2D eigenvalue weighted by molar-refractivity contribution is -0.130. The highest BCUT2D eigenvalue weighted by Crippen LogP contribution is 2.25. The van der Waals surface area contributed by atoms with Crippen LogP contribution in [0.3, 0.4) is 0 Å². The second-order valence-electron chi connectivity index (χ2n) is 7.17. The van der Waals surface area contributed by atoms with Crippen molar-refractivity contribution in [2.24, 2.45) is 5.92 Å². The van der Waals surface area contributed by atoms with Gasteiger partial charge in [0.1, 0.15) is 11.6 Å². The number of benzene rings is 1. The smallest absolute Gasteiger partial charge is 0.223 e. The minimum Gasteiger partial charge on any atom is -0.379 e. The molecule has 0 bridgehead atoms. The van der Waals surface area contributed by atoms with Crippen LogP contribution in [0.2, 0.25) is 0 Å². The van der Waals surface area contributed by atoms with Gasteiger partial charge in [0.05, 0.1) is 22.8 Å². The maximum atomic E-state index is 12.7. The Morgan fingerprint density at radius 1 is 1.37 bits per heavy atom. The van der Waals surface area contributed by atoms with Crippen molar-refractivity contribution >= 4 is 16.9 Å². The third kappa shape index (κ3) is 3.88. The van der Waals surface area contributed by atoms with Gasteiger partial charge < -0.3 is 19.1 Å². The molecular weight excluding hydrogens is 344 g/mol. The summed E-state index contributed by atoms with van der Waals surface area (Å²) in [5, 5.41) is 3.94. The Bertz CT molecular complexity index is 899. The zero-order valence-electron chi connectivity index (χ0n) is 15.6. The highest BCUT2D eigenvalue weighted by atomic mass is 16.5. The molecule has 1 amide bonds. The summed E-state index contributed by atoms with van der Waals surface area (Å²) in [6.07, 6.45) is 1.79. The quantitative estimate of drug-likeness (QED) is 0.723. The first kappa shape index (κ1) is 17.7. The van der Waals surface area contributed by atoms with Crippen molar-refractivity contribution in [3.05, 3.63) is 47.6 Å². The van der Waals surface area contributed by atoms with Crippen LogP contribution >= 0.6 is 0 Å². The maximum Gasteiger partial charge on any atom is 0.223 e. The van der Waals surface area contributed by atoms with Gasteiger partial charge in [0.2, 0.25) is 5.91 Å². The first-order valence-electron chi connectivity index (χ1n) is 9.29. The number of imidazole rings is 1. The van der Waals surface area contributed by atoms with Gasteiger partial charge in [0.15, 0.2) is 0 Å². The Morgan fingerprint density at radius 3 is 2.96 bits per heavy atom. The van der Waals surface area contributed by atoms with E-state index in [0.29, 0.717) is 25.9 Å². The molecule has 4 rings (SSSR count). The zero-order chi connectivity index (χ0) is 18.8. The summed E-state index contributed by atoms with van der Waals surface area (Å²) in [5.74, 6) is 2.04. The number of nitrogens with zero attached hydrogens (tertiary/aromatic N) is 3. The number of hydrogen-bond donors (Lipinski definition) is 1. The van der Waals surface area contributed by atoms with Crippen LogP contribution in [0.4, 0.5) is 0 Å². The van der Waals surface area contributed by atoms with E-state index in [9.17, 15) is 4.79 Å². The standard InChI is InChI=1S/C20H24N4O3/c1-13-9-15(27-23-13)10-14-11-24(12-18(14)26-2)20(25)8-7-19-21-16-5-3-4-6-17(16)22-19/h3-6,9,14,18H,7-8,10-12H2,1-2H3,(H,21,22)/t14-,18+/m1/s1. The lowest BCUT2D eigenvalue weighted by Gasteiger charge is -2.15. The fourth-order valence-electron chi connectivity index (χ4n) is 3.79. The van der Waals surface area contributed by atoms with E-state index in [4.69, 9.17) is 9.26 Å². The summed E-state index contributed by atoms with van der Waals surface area (Å²) >= 11 is 0. The van der Waals surface area contributed by atoms with Gasteiger partial charge in [-0.25, -0.2) is 4.98 Å². The number of aromatic amines is 1. The van der Waals surface area contributed by atoms with Crippen molar-refractivity contribution in [3.63, 3.8) is 0 Å². The molecule has 142 valence electrons. The predicted octanol–water partition coefficient (Wildman–Crippen LogP) is 2.51. The second-order valence-corrected chi connectivity index (χ2v) is 7.17. The van der Waals surface area contributed by atoms with Gasteiger partial charge in [-0.15, -0.1) is 0 Å². The number of nitrogens with one attached hydrogen (secondary N) is 1. The van der Waals surface area contributed by atoms with Gasteiger partial charge in [-0.3, -0.25) is 4.79 Å². The molecule has 0 saturated carbocycles. The molecule has 0 spiro atoms. The minimum atomic E-state index is 0.0190. The number of amides is 1. The fourth-order valence-corrected chi connectivity index (χ4v) is 3.79. The largest absolute Gasteiger partial charge is 0.379 e. The third-order valence-electron chi connectivity index (χ3n) is 5.19. The summed E-state index contributed by atoms with van der Waals surface area (Å²) in [5.41, 5.74) is 2.81. The van der Waals surface area contributed by atoms with Crippen LogP contribution in [0.25, 0.3) is 11.0 Å². The Hall–Kier alpha value is -2.67. The average Bonchev–Trinajstić information content (AvgIpc) is 3.37. The van der Waals surface area contributed by atoms with Crippen molar-refractivity contribution in [2.75, 3.05) is 20.2 Å². The van der Waals surface area contributed by atoms with E-state index in [1.165, 1.54) is 0 Å². The Morgan fingerprint density at radius 2 is 2.22 bits per heavy atom. The molecule has 0 radical (unpaired) electrons. The SMILES string of the molecule is CO[C@H]1CN(C(=O)CCc2nc3ccccc3[nH]2)C[C@H]1Cc1cc(C)no1. The monoisotopic (exact) mass is 368 g/mol. The van der Waals surface area contributed by atoms with Crippen molar-refractivity contribution < 1.29 is 14.1 Å². The summed E-state index contributed by atoms with van der Waals surface area (Å²) < 4.78 is 10.9. The summed E-state index contributed by atoms with van der Waals surface area (Å²) in [4.78, 5) is 22.4. The van der Waals surface area contributed by atoms with Gasteiger partial charge in [-0.05, 0) is 19.1 Å². The van der Waals surface area contributed by atoms with Crippen LogP contribution in [-0.4, -0.2) is 52.2 Å². The molecule has 1 N–H and O–H groups in total. The molecule has 2 atom stereocenters. The van der Waals surface area contributed by atoms with E-state index in [2.05, 4.69) is 15.1 Å². The molecule has 0 aliphatic carbocycles. The van der Waals surface area contributed by atoms with Crippen LogP contribution in [0.15, 0.2) is 34.9 Å². The third-order valence-corrected chi connectivity index (χ3v) is 5.19. The summed E-state index contributed by atoms with van der Waals surface area (Å²) in [6.45, 7) is 3.20. The van der Waals surface area contributed by atoms with E-state index in [1.807, 2.05) is 42.2 Å². The van der Waals surface area contributed by atoms with E-state index in [-0.39, 0.29) is 17.9 Å². The van der Waals surface area contributed by atoms with Crippen molar-refractivity contribution in [1.29, 1.82) is 0 Å². The number of fused-ring (bicyclic) bond motifs is 1. The highest BCUT2D eigenvalue weighted by Gasteiger charge is 2.35. The lowest BCUT2D eigenvalue weighted by atomic mass is 10.0. The normalized spacial score (nSPS) is 19.9. The molecule has 7 nitrogen and oxygen atoms in total. The molecule has 7 heteroatoms. The summed E-state index contributed by atoms with van der Waals surface area (Å²) in [6, 6.07) is 9.84. The van der Waals surface area contributed by atoms with E-state index < -0.39 is 0 Å². The van der Waals surface area contributed by atoms with Gasteiger partial charge >= 0.3 is 0 Å². The summed E-state index contributed by atoms with van der Waals surface area (Å²) in [7, 11) is 1.70. The number of ether oxygens (including phenoxy) is 1. The number of carbonyl (C=O) groups is 1. The lowest BCUT2D eigenvalue weighted by Crippen LogP contribution is -2.30. The predicted molar refractivity (Wildman–Crippen MR) is 100 cm³/mol. The molecule has 1 saturated heterocycles. The first-order valence-corrected chi connectivity index (χ1v) is 9.29. The second kappa shape index (κ2) is 7.52. The molecule has 1 fully saturated rings. The number of methoxy groups -OCH3 is 1. The van der Waals surface area contributed by atoms with Crippen LogP contribution in [0.5, 0.6) is 0 Å². The minimum absolute atomic E-state index is 0.0190. The maximum absolute atomic E-state index is 12.7. The number of carbonyl (C=O) groups excluding carboxylic acids is 1. The van der Waals surface area contributed by atoms with Gasteiger partial charge in [-0.2, -0.15) is 0 Å². The van der Waals surface area contributed by atoms with E-state index in [0.717, 1.165) is 34.7 Å². The van der Waals surface area contributed by atoms with Gasteiger partial charge in [0.25, 0.3) is 0 Å². The van der Waals surface area contributed by atoms with Crippen molar-refractivity contribution in [1.82, 2.24) is 20.0 Å². The Kier molecular flexibility index (Phi) is 4.94.